The van der Waals surface area contributed by atoms with Gasteiger partial charge in [-0.2, -0.15) is 4.98 Å². The molecule has 1 aliphatic rings. The Bertz CT molecular complexity index is 1320. The standard InChI is InChI=1S/C24H26Cl2N4O.C4H4O4/c25-20-9-6-10-22(23(20)26)29-17-15-28(16-18-29)12-4-5-13-30-14-11-21(27-24(30)31)19-7-2-1-3-8-19;5-3(6)1-2-4(7)8/h1-3,6-11,14H,4-5,12-13,15-18H2;1-2H,(H,5,6)(H,7,8). The van der Waals surface area contributed by atoms with E-state index in [-0.39, 0.29) is 5.69 Å². The largest absolute Gasteiger partial charge is 0.478 e. The molecule has 1 fully saturated rings. The zero-order chi connectivity index (χ0) is 28.2. The molecular weight excluding hydrogens is 543 g/mol. The number of rotatable bonds is 9. The van der Waals surface area contributed by atoms with Crippen LogP contribution in [0.2, 0.25) is 10.0 Å². The third-order valence-corrected chi connectivity index (χ3v) is 6.89. The molecule has 0 atom stereocenters. The van der Waals surface area contributed by atoms with Crippen LogP contribution in [0.5, 0.6) is 0 Å². The second kappa shape index (κ2) is 15.1. The highest BCUT2D eigenvalue weighted by molar-refractivity contribution is 6.43. The molecule has 4 rings (SSSR count). The molecule has 1 aromatic heterocycles. The molecular formula is C28H30Cl2N4O5. The Labute approximate surface area is 236 Å². The van der Waals surface area contributed by atoms with E-state index < -0.39 is 11.9 Å². The lowest BCUT2D eigenvalue weighted by atomic mass is 10.1. The van der Waals surface area contributed by atoms with Gasteiger partial charge in [0.2, 0.25) is 0 Å². The Balaban J connectivity index is 0.000000459. The van der Waals surface area contributed by atoms with Gasteiger partial charge in [0.05, 0.1) is 21.4 Å². The van der Waals surface area contributed by atoms with Gasteiger partial charge in [0.15, 0.2) is 0 Å². The van der Waals surface area contributed by atoms with E-state index in [2.05, 4.69) is 14.8 Å². The lowest BCUT2D eigenvalue weighted by Gasteiger charge is -2.36. The lowest BCUT2D eigenvalue weighted by Crippen LogP contribution is -2.46. The summed E-state index contributed by atoms with van der Waals surface area (Å²) in [6, 6.07) is 17.5. The third kappa shape index (κ3) is 9.55. The number of unbranched alkanes of at least 4 members (excludes halogenated alkanes) is 1. The number of aryl methyl sites for hydroxylation is 1. The van der Waals surface area contributed by atoms with Gasteiger partial charge in [-0.25, -0.2) is 14.4 Å². The van der Waals surface area contributed by atoms with E-state index in [1.807, 2.05) is 60.8 Å². The van der Waals surface area contributed by atoms with Gasteiger partial charge >= 0.3 is 17.6 Å². The molecule has 0 radical (unpaired) electrons. The van der Waals surface area contributed by atoms with Crippen LogP contribution in [0, 0.1) is 0 Å². The summed E-state index contributed by atoms with van der Waals surface area (Å²) in [6.45, 7) is 5.58. The van der Waals surface area contributed by atoms with Crippen LogP contribution in [-0.2, 0) is 16.1 Å². The molecule has 0 amide bonds. The first-order chi connectivity index (χ1) is 18.7. The molecule has 1 saturated heterocycles. The van der Waals surface area contributed by atoms with Crippen LogP contribution in [0.3, 0.4) is 0 Å². The number of hydrogen-bond donors (Lipinski definition) is 2. The minimum Gasteiger partial charge on any atom is -0.478 e. The summed E-state index contributed by atoms with van der Waals surface area (Å²) in [5.74, 6) is -2.51. The Morgan fingerprint density at radius 1 is 0.846 bits per heavy atom. The monoisotopic (exact) mass is 572 g/mol. The topological polar surface area (TPSA) is 116 Å². The predicted octanol–water partition coefficient (Wildman–Crippen LogP) is 4.53. The molecule has 0 bridgehead atoms. The van der Waals surface area contributed by atoms with Crippen molar-refractivity contribution < 1.29 is 19.8 Å². The molecule has 206 valence electrons. The second-order valence-corrected chi connectivity index (χ2v) is 9.56. The van der Waals surface area contributed by atoms with Crippen LogP contribution in [0.25, 0.3) is 11.3 Å². The molecule has 2 heterocycles. The number of aromatic nitrogens is 2. The van der Waals surface area contributed by atoms with Gasteiger partial charge in [-0.3, -0.25) is 9.47 Å². The Kier molecular flexibility index (Phi) is 11.5. The Hall–Kier alpha value is -3.66. The minimum atomic E-state index is -1.26. The number of anilines is 1. The summed E-state index contributed by atoms with van der Waals surface area (Å²) in [5.41, 5.74) is 2.51. The van der Waals surface area contributed by atoms with Crippen LogP contribution in [0.4, 0.5) is 5.69 Å². The Morgan fingerprint density at radius 3 is 2.10 bits per heavy atom. The highest BCUT2D eigenvalue weighted by Crippen LogP contribution is 2.32. The zero-order valence-corrected chi connectivity index (χ0v) is 22.8. The van der Waals surface area contributed by atoms with Gasteiger partial charge in [0, 0.05) is 56.6 Å². The first kappa shape index (κ1) is 29.9. The van der Waals surface area contributed by atoms with E-state index in [1.165, 1.54) is 0 Å². The van der Waals surface area contributed by atoms with E-state index in [0.29, 0.717) is 28.7 Å². The van der Waals surface area contributed by atoms with Crippen LogP contribution < -0.4 is 10.6 Å². The fourth-order valence-corrected chi connectivity index (χ4v) is 4.49. The molecule has 0 spiro atoms. The van der Waals surface area contributed by atoms with Gasteiger partial charge < -0.3 is 15.1 Å². The van der Waals surface area contributed by atoms with Crippen LogP contribution in [-0.4, -0.2) is 69.3 Å². The van der Waals surface area contributed by atoms with Crippen LogP contribution >= 0.6 is 23.2 Å². The molecule has 2 N–H and O–H groups in total. The van der Waals surface area contributed by atoms with E-state index in [9.17, 15) is 14.4 Å². The SMILES string of the molecule is O=C(O)C=CC(=O)O.O=c1nc(-c2ccccc2)ccn1CCCCN1CCN(c2cccc(Cl)c2Cl)CC1. The number of hydrogen-bond acceptors (Lipinski definition) is 6. The molecule has 11 heteroatoms. The van der Waals surface area contributed by atoms with Crippen molar-refractivity contribution in [2.45, 2.75) is 19.4 Å². The second-order valence-electron chi connectivity index (χ2n) is 8.77. The average molecular weight is 573 g/mol. The average Bonchev–Trinajstić information content (AvgIpc) is 2.93. The lowest BCUT2D eigenvalue weighted by molar-refractivity contribution is -0.134. The summed E-state index contributed by atoms with van der Waals surface area (Å²) in [4.78, 5) is 40.5. The first-order valence-corrected chi connectivity index (χ1v) is 13.2. The fourth-order valence-electron chi connectivity index (χ4n) is 4.08. The van der Waals surface area contributed by atoms with Crippen molar-refractivity contribution in [1.29, 1.82) is 0 Å². The van der Waals surface area contributed by atoms with Crippen molar-refractivity contribution in [3.05, 3.63) is 93.5 Å². The van der Waals surface area contributed by atoms with E-state index in [0.717, 1.165) is 62.5 Å². The zero-order valence-electron chi connectivity index (χ0n) is 21.2. The van der Waals surface area contributed by atoms with Gasteiger partial charge in [0.25, 0.3) is 0 Å². The van der Waals surface area contributed by atoms with Crippen molar-refractivity contribution in [3.63, 3.8) is 0 Å². The maximum atomic E-state index is 12.3. The Morgan fingerprint density at radius 2 is 1.49 bits per heavy atom. The quantitative estimate of drug-likeness (QED) is 0.284. The fraction of sp³-hybridized carbons (Fsp3) is 0.286. The summed E-state index contributed by atoms with van der Waals surface area (Å²) >= 11 is 12.5. The molecule has 39 heavy (non-hydrogen) atoms. The van der Waals surface area contributed by atoms with Gasteiger partial charge in [-0.15, -0.1) is 0 Å². The molecule has 3 aromatic rings. The predicted molar refractivity (Wildman–Crippen MR) is 153 cm³/mol. The molecule has 0 unspecified atom stereocenters. The van der Waals surface area contributed by atoms with Crippen molar-refractivity contribution in [2.24, 2.45) is 0 Å². The van der Waals surface area contributed by atoms with Crippen molar-refractivity contribution >= 4 is 40.8 Å². The number of benzene rings is 2. The molecule has 1 aliphatic heterocycles. The van der Waals surface area contributed by atoms with Gasteiger partial charge in [-0.1, -0.05) is 59.6 Å². The maximum Gasteiger partial charge on any atom is 0.348 e. The highest BCUT2D eigenvalue weighted by Gasteiger charge is 2.19. The summed E-state index contributed by atoms with van der Waals surface area (Å²) in [7, 11) is 0. The smallest absolute Gasteiger partial charge is 0.348 e. The van der Waals surface area contributed by atoms with Gasteiger partial charge in [-0.05, 0) is 37.6 Å². The summed E-state index contributed by atoms with van der Waals surface area (Å²) in [6.07, 6.45) is 4.97. The van der Waals surface area contributed by atoms with E-state index in [1.54, 1.807) is 4.57 Å². The van der Waals surface area contributed by atoms with Gasteiger partial charge in [0.1, 0.15) is 0 Å². The highest BCUT2D eigenvalue weighted by atomic mass is 35.5. The van der Waals surface area contributed by atoms with E-state index >= 15 is 0 Å². The number of carbonyl (C=O) groups is 2. The maximum absolute atomic E-state index is 12.3. The van der Waals surface area contributed by atoms with Crippen LogP contribution in [0.15, 0.2) is 77.7 Å². The molecule has 2 aromatic carbocycles. The van der Waals surface area contributed by atoms with Crippen molar-refractivity contribution in [1.82, 2.24) is 14.5 Å². The minimum absolute atomic E-state index is 0.187. The van der Waals surface area contributed by atoms with Crippen molar-refractivity contribution in [2.75, 3.05) is 37.6 Å². The number of halogens is 2. The number of carboxylic acid groups (broad SMARTS) is 2. The summed E-state index contributed by atoms with van der Waals surface area (Å²) < 4.78 is 1.70. The normalized spacial score (nSPS) is 13.6. The first-order valence-electron chi connectivity index (χ1n) is 12.4. The number of aliphatic carboxylic acids is 2. The molecule has 0 saturated carbocycles. The number of carboxylic acids is 2. The number of nitrogens with zero attached hydrogens (tertiary/aromatic N) is 4. The molecule has 0 aliphatic carbocycles. The number of piperazine rings is 1. The van der Waals surface area contributed by atoms with Crippen LogP contribution in [0.1, 0.15) is 12.8 Å². The molecule has 9 nitrogen and oxygen atoms in total. The summed E-state index contributed by atoms with van der Waals surface area (Å²) in [5, 5.41) is 16.9. The van der Waals surface area contributed by atoms with E-state index in [4.69, 9.17) is 33.4 Å². The van der Waals surface area contributed by atoms with Crippen molar-refractivity contribution in [3.8, 4) is 11.3 Å². The third-order valence-electron chi connectivity index (χ3n) is 6.08.